The van der Waals surface area contributed by atoms with E-state index in [1.807, 2.05) is 0 Å². The first-order chi connectivity index (χ1) is 10.1. The van der Waals surface area contributed by atoms with E-state index in [0.717, 1.165) is 13.0 Å². The van der Waals surface area contributed by atoms with Crippen LogP contribution in [-0.2, 0) is 0 Å². The topological polar surface area (TPSA) is 35.5 Å². The summed E-state index contributed by atoms with van der Waals surface area (Å²) in [5.41, 5.74) is 0.641. The fraction of sp³-hybridized carbons (Fsp3) is 1.00. The molecule has 0 aromatic carbocycles. The second kappa shape index (κ2) is 6.55. The van der Waals surface area contributed by atoms with E-state index in [2.05, 4.69) is 17.1 Å². The molecule has 122 valence electrons. The first kappa shape index (κ1) is 15.8. The second-order valence-corrected chi connectivity index (χ2v) is 8.29. The molecule has 2 aliphatic carbocycles. The van der Waals surface area contributed by atoms with Crippen LogP contribution in [0.25, 0.3) is 0 Å². The molecule has 1 atom stereocenters. The molecular formula is C18H34N2O. The highest BCUT2D eigenvalue weighted by molar-refractivity contribution is 4.94. The number of nitrogens with one attached hydrogen (secondary N) is 1. The molecule has 21 heavy (non-hydrogen) atoms. The standard InChI is InChI=1S/C18H34N2O/c1-17(15-21,19-16-5-6-16)9-12-20-13-10-18(11-14-20)7-3-2-4-8-18/h16,19,21H,2-15H2,1H3. The highest BCUT2D eigenvalue weighted by Crippen LogP contribution is 2.44. The molecule has 2 N–H and O–H groups in total. The van der Waals surface area contributed by atoms with Crippen molar-refractivity contribution in [1.29, 1.82) is 0 Å². The summed E-state index contributed by atoms with van der Waals surface area (Å²) in [6, 6.07) is 0.675. The van der Waals surface area contributed by atoms with Gasteiger partial charge in [-0.05, 0) is 76.9 Å². The Morgan fingerprint density at radius 1 is 1.10 bits per heavy atom. The van der Waals surface area contributed by atoms with Crippen molar-refractivity contribution in [3.8, 4) is 0 Å². The van der Waals surface area contributed by atoms with Gasteiger partial charge in [0.2, 0.25) is 0 Å². The highest BCUT2D eigenvalue weighted by Gasteiger charge is 2.36. The monoisotopic (exact) mass is 294 g/mol. The number of rotatable bonds is 6. The highest BCUT2D eigenvalue weighted by atomic mass is 16.3. The molecule has 1 aliphatic heterocycles. The van der Waals surface area contributed by atoms with E-state index in [1.165, 1.54) is 70.9 Å². The maximum Gasteiger partial charge on any atom is 0.0611 e. The first-order valence-corrected chi connectivity index (χ1v) is 9.24. The van der Waals surface area contributed by atoms with E-state index >= 15 is 0 Å². The Labute approximate surface area is 130 Å². The molecule has 3 nitrogen and oxygen atoms in total. The Hall–Kier alpha value is -0.120. The molecule has 1 spiro atoms. The molecule has 1 unspecified atom stereocenters. The van der Waals surface area contributed by atoms with E-state index in [9.17, 15) is 5.11 Å². The van der Waals surface area contributed by atoms with Crippen LogP contribution in [0.2, 0.25) is 0 Å². The van der Waals surface area contributed by atoms with Gasteiger partial charge in [-0.3, -0.25) is 0 Å². The molecule has 3 rings (SSSR count). The summed E-state index contributed by atoms with van der Waals surface area (Å²) in [7, 11) is 0. The van der Waals surface area contributed by atoms with Gasteiger partial charge >= 0.3 is 0 Å². The van der Waals surface area contributed by atoms with E-state index < -0.39 is 0 Å². The van der Waals surface area contributed by atoms with Crippen LogP contribution in [0.3, 0.4) is 0 Å². The van der Waals surface area contributed by atoms with Crippen LogP contribution in [0.5, 0.6) is 0 Å². The van der Waals surface area contributed by atoms with Crippen LogP contribution in [-0.4, -0.2) is 47.8 Å². The van der Waals surface area contributed by atoms with E-state index in [-0.39, 0.29) is 12.1 Å². The molecule has 0 bridgehead atoms. The molecular weight excluding hydrogens is 260 g/mol. The molecule has 1 saturated heterocycles. The number of likely N-dealkylation sites (tertiary alicyclic amines) is 1. The number of aliphatic hydroxyl groups excluding tert-OH is 1. The van der Waals surface area contributed by atoms with Crippen molar-refractivity contribution in [2.75, 3.05) is 26.2 Å². The van der Waals surface area contributed by atoms with Gasteiger partial charge in [0.25, 0.3) is 0 Å². The second-order valence-electron chi connectivity index (χ2n) is 8.29. The van der Waals surface area contributed by atoms with Crippen LogP contribution in [0.1, 0.15) is 71.1 Å². The van der Waals surface area contributed by atoms with Crippen molar-refractivity contribution in [2.45, 2.75) is 82.7 Å². The van der Waals surface area contributed by atoms with Gasteiger partial charge in [0.05, 0.1) is 6.61 Å². The molecule has 1 heterocycles. The van der Waals surface area contributed by atoms with Crippen LogP contribution < -0.4 is 5.32 Å². The minimum atomic E-state index is -0.0683. The molecule has 2 saturated carbocycles. The number of hydrogen-bond acceptors (Lipinski definition) is 3. The lowest BCUT2D eigenvalue weighted by Crippen LogP contribution is -2.50. The van der Waals surface area contributed by atoms with Crippen molar-refractivity contribution in [1.82, 2.24) is 10.2 Å². The third kappa shape index (κ3) is 4.20. The summed E-state index contributed by atoms with van der Waals surface area (Å²) < 4.78 is 0. The Bertz CT molecular complexity index is 326. The molecule has 0 amide bonds. The van der Waals surface area contributed by atoms with Crippen molar-refractivity contribution >= 4 is 0 Å². The Morgan fingerprint density at radius 2 is 1.76 bits per heavy atom. The van der Waals surface area contributed by atoms with Gasteiger partial charge < -0.3 is 15.3 Å². The van der Waals surface area contributed by atoms with E-state index in [0.29, 0.717) is 11.5 Å². The van der Waals surface area contributed by atoms with E-state index in [1.54, 1.807) is 0 Å². The lowest BCUT2D eigenvalue weighted by Gasteiger charge is -2.45. The van der Waals surface area contributed by atoms with Crippen LogP contribution in [0.4, 0.5) is 0 Å². The summed E-state index contributed by atoms with van der Waals surface area (Å²) in [5, 5.41) is 13.3. The maximum absolute atomic E-state index is 9.71. The van der Waals surface area contributed by atoms with Crippen LogP contribution in [0, 0.1) is 5.41 Å². The van der Waals surface area contributed by atoms with Gasteiger partial charge in [-0.25, -0.2) is 0 Å². The lowest BCUT2D eigenvalue weighted by molar-refractivity contribution is 0.0586. The number of hydrogen-bond donors (Lipinski definition) is 2. The average molecular weight is 294 g/mol. The molecule has 3 fully saturated rings. The summed E-state index contributed by atoms with van der Waals surface area (Å²) in [6.45, 7) is 6.17. The zero-order valence-corrected chi connectivity index (χ0v) is 13.9. The molecule has 0 radical (unpaired) electrons. The normalized spacial score (nSPS) is 29.4. The van der Waals surface area contributed by atoms with Gasteiger partial charge in [-0.1, -0.05) is 19.3 Å². The van der Waals surface area contributed by atoms with E-state index in [4.69, 9.17) is 0 Å². The smallest absolute Gasteiger partial charge is 0.0611 e. The predicted molar refractivity (Wildman–Crippen MR) is 87.5 cm³/mol. The lowest BCUT2D eigenvalue weighted by atomic mass is 9.68. The Morgan fingerprint density at radius 3 is 2.33 bits per heavy atom. The van der Waals surface area contributed by atoms with Crippen molar-refractivity contribution in [3.63, 3.8) is 0 Å². The SMILES string of the molecule is CC(CO)(CCN1CCC2(CCCCC2)CC1)NC1CC1. The average Bonchev–Trinajstić information content (AvgIpc) is 3.32. The zero-order valence-electron chi connectivity index (χ0n) is 13.9. The molecule has 3 heteroatoms. The van der Waals surface area contributed by atoms with Gasteiger partial charge in [-0.15, -0.1) is 0 Å². The molecule has 0 aromatic heterocycles. The van der Waals surface area contributed by atoms with Crippen LogP contribution in [0.15, 0.2) is 0 Å². The molecule has 0 aromatic rings. The summed E-state index contributed by atoms with van der Waals surface area (Å²) in [4.78, 5) is 2.64. The van der Waals surface area contributed by atoms with Gasteiger partial charge in [-0.2, -0.15) is 0 Å². The number of piperidine rings is 1. The Balaban J connectivity index is 1.42. The maximum atomic E-state index is 9.71. The fourth-order valence-electron chi connectivity index (χ4n) is 4.37. The van der Waals surface area contributed by atoms with Gasteiger partial charge in [0, 0.05) is 11.6 Å². The summed E-state index contributed by atoms with van der Waals surface area (Å²) in [6.07, 6.45) is 13.9. The van der Waals surface area contributed by atoms with Crippen molar-refractivity contribution in [2.24, 2.45) is 5.41 Å². The minimum Gasteiger partial charge on any atom is -0.394 e. The van der Waals surface area contributed by atoms with Crippen molar-refractivity contribution < 1.29 is 5.11 Å². The predicted octanol–water partition coefficient (Wildman–Crippen LogP) is 2.93. The third-order valence-corrected chi connectivity index (χ3v) is 6.29. The van der Waals surface area contributed by atoms with Crippen molar-refractivity contribution in [3.05, 3.63) is 0 Å². The van der Waals surface area contributed by atoms with Crippen LogP contribution >= 0.6 is 0 Å². The largest absolute Gasteiger partial charge is 0.394 e. The molecule has 3 aliphatic rings. The van der Waals surface area contributed by atoms with Gasteiger partial charge in [0.15, 0.2) is 0 Å². The fourth-order valence-corrected chi connectivity index (χ4v) is 4.37. The summed E-state index contributed by atoms with van der Waals surface area (Å²) >= 11 is 0. The number of nitrogens with zero attached hydrogens (tertiary/aromatic N) is 1. The van der Waals surface area contributed by atoms with Gasteiger partial charge in [0.1, 0.15) is 0 Å². The number of aliphatic hydroxyl groups is 1. The quantitative estimate of drug-likeness (QED) is 0.790. The summed E-state index contributed by atoms with van der Waals surface area (Å²) in [5.74, 6) is 0. The Kier molecular flexibility index (Phi) is 4.92. The third-order valence-electron chi connectivity index (χ3n) is 6.29. The zero-order chi connectivity index (χ0) is 14.8. The minimum absolute atomic E-state index is 0.0683. The first-order valence-electron chi connectivity index (χ1n) is 9.24.